The van der Waals surface area contributed by atoms with E-state index in [4.69, 9.17) is 18.6 Å². The molecule has 0 aliphatic rings. The Hall–Kier alpha value is -1.11. The van der Waals surface area contributed by atoms with Crippen LogP contribution in [0.25, 0.3) is 0 Å². The molecule has 1 N–H and O–H groups in total. The molecule has 0 radical (unpaired) electrons. The van der Waals surface area contributed by atoms with Gasteiger partial charge in [-0.1, -0.05) is 0 Å². The molecule has 1 aromatic heterocycles. The van der Waals surface area contributed by atoms with E-state index < -0.39 is 0 Å². The Bertz CT molecular complexity index is 291. The van der Waals surface area contributed by atoms with E-state index in [1.165, 1.54) is 0 Å². The fourth-order valence-corrected chi connectivity index (χ4v) is 1.18. The molecular formula is C11H20N2O4. The van der Waals surface area contributed by atoms with E-state index in [1.807, 2.05) is 7.05 Å². The number of nitrogens with one attached hydrogen (secondary N) is 1. The minimum atomic E-state index is 0.312. The molecule has 0 fully saturated rings. The monoisotopic (exact) mass is 244 g/mol. The maximum absolute atomic E-state index is 5.32. The Labute approximate surface area is 101 Å². The van der Waals surface area contributed by atoms with Crippen LogP contribution in [0.1, 0.15) is 12.1 Å². The van der Waals surface area contributed by atoms with Crippen LogP contribution in [0.3, 0.4) is 0 Å². The van der Waals surface area contributed by atoms with Gasteiger partial charge in [-0.25, -0.2) is 0 Å². The number of methoxy groups -OCH3 is 1. The van der Waals surface area contributed by atoms with Crippen LogP contribution >= 0.6 is 0 Å². The van der Waals surface area contributed by atoms with Gasteiger partial charge < -0.3 is 23.9 Å². The van der Waals surface area contributed by atoms with E-state index in [0.29, 0.717) is 39.0 Å². The van der Waals surface area contributed by atoms with Crippen molar-refractivity contribution in [2.45, 2.75) is 13.0 Å². The zero-order valence-electron chi connectivity index (χ0n) is 10.4. The van der Waals surface area contributed by atoms with E-state index in [0.717, 1.165) is 12.1 Å². The largest absolute Gasteiger partial charge is 0.450 e. The molecule has 0 saturated carbocycles. The van der Waals surface area contributed by atoms with Gasteiger partial charge in [0.1, 0.15) is 6.26 Å². The molecule has 0 aliphatic heterocycles. The minimum absolute atomic E-state index is 0.312. The van der Waals surface area contributed by atoms with Crippen LogP contribution in [0.2, 0.25) is 0 Å². The van der Waals surface area contributed by atoms with Crippen molar-refractivity contribution in [3.63, 3.8) is 0 Å². The van der Waals surface area contributed by atoms with Crippen LogP contribution in [0, 0.1) is 0 Å². The summed E-state index contributed by atoms with van der Waals surface area (Å²) in [6.07, 6.45) is 2.70. The quantitative estimate of drug-likeness (QED) is 0.615. The summed E-state index contributed by atoms with van der Waals surface area (Å²) >= 11 is 0. The summed E-state index contributed by atoms with van der Waals surface area (Å²) < 4.78 is 20.6. The molecule has 1 rings (SSSR count). The van der Waals surface area contributed by atoms with Crippen molar-refractivity contribution >= 4 is 0 Å². The van der Waals surface area contributed by atoms with Crippen molar-refractivity contribution in [2.24, 2.45) is 0 Å². The van der Waals surface area contributed by atoms with Gasteiger partial charge in [-0.2, -0.15) is 4.98 Å². The van der Waals surface area contributed by atoms with Crippen molar-refractivity contribution in [3.05, 3.63) is 12.0 Å². The minimum Gasteiger partial charge on any atom is -0.450 e. The van der Waals surface area contributed by atoms with Gasteiger partial charge >= 0.3 is 6.08 Å². The van der Waals surface area contributed by atoms with Crippen molar-refractivity contribution in [2.75, 3.05) is 40.6 Å². The number of aromatic nitrogens is 1. The van der Waals surface area contributed by atoms with E-state index in [-0.39, 0.29) is 0 Å². The molecule has 1 heterocycles. The molecule has 6 heteroatoms. The van der Waals surface area contributed by atoms with Crippen LogP contribution in [-0.2, 0) is 16.0 Å². The number of ether oxygens (including phenoxy) is 3. The first-order chi connectivity index (χ1) is 8.36. The zero-order chi connectivity index (χ0) is 12.3. The average molecular weight is 244 g/mol. The SMILES string of the molecule is CNCc1coc(OCCCOCCOC)n1. The topological polar surface area (TPSA) is 65.8 Å². The highest BCUT2D eigenvalue weighted by atomic mass is 16.6. The highest BCUT2D eigenvalue weighted by Gasteiger charge is 2.03. The molecular weight excluding hydrogens is 224 g/mol. The van der Waals surface area contributed by atoms with Gasteiger partial charge in [0.2, 0.25) is 0 Å². The molecule has 0 aliphatic carbocycles. The van der Waals surface area contributed by atoms with Crippen molar-refractivity contribution in [1.29, 1.82) is 0 Å². The Balaban J connectivity index is 2.01. The summed E-state index contributed by atoms with van der Waals surface area (Å²) in [5, 5.41) is 2.98. The van der Waals surface area contributed by atoms with E-state index in [9.17, 15) is 0 Å². The molecule has 6 nitrogen and oxygen atoms in total. The molecule has 0 saturated heterocycles. The number of hydrogen-bond acceptors (Lipinski definition) is 6. The van der Waals surface area contributed by atoms with Gasteiger partial charge in [-0.3, -0.25) is 0 Å². The zero-order valence-corrected chi connectivity index (χ0v) is 10.4. The summed E-state index contributed by atoms with van der Waals surface area (Å²) in [5.74, 6) is 0. The molecule has 0 amide bonds. The predicted octanol–water partition coefficient (Wildman–Crippen LogP) is 0.826. The molecule has 1 aromatic rings. The number of oxazole rings is 1. The predicted molar refractivity (Wildman–Crippen MR) is 62.1 cm³/mol. The second-order valence-electron chi connectivity index (χ2n) is 3.44. The van der Waals surface area contributed by atoms with Crippen molar-refractivity contribution in [1.82, 2.24) is 10.3 Å². The smallest absolute Gasteiger partial charge is 0.393 e. The normalized spacial score (nSPS) is 10.7. The van der Waals surface area contributed by atoms with Gasteiger partial charge in [-0.05, 0) is 7.05 Å². The highest BCUT2D eigenvalue weighted by Crippen LogP contribution is 2.09. The summed E-state index contributed by atoms with van der Waals surface area (Å²) in [5.41, 5.74) is 0.832. The lowest BCUT2D eigenvalue weighted by Crippen LogP contribution is -2.07. The van der Waals surface area contributed by atoms with E-state index >= 15 is 0 Å². The van der Waals surface area contributed by atoms with Crippen LogP contribution in [-0.4, -0.2) is 45.6 Å². The van der Waals surface area contributed by atoms with Crippen molar-refractivity contribution < 1.29 is 18.6 Å². The van der Waals surface area contributed by atoms with Gasteiger partial charge in [0, 0.05) is 26.7 Å². The fourth-order valence-electron chi connectivity index (χ4n) is 1.18. The van der Waals surface area contributed by atoms with Gasteiger partial charge in [-0.15, -0.1) is 0 Å². The third kappa shape index (κ3) is 6.25. The second kappa shape index (κ2) is 8.98. The highest BCUT2D eigenvalue weighted by molar-refractivity contribution is 4.99. The second-order valence-corrected chi connectivity index (χ2v) is 3.44. The van der Waals surface area contributed by atoms with Crippen LogP contribution < -0.4 is 10.1 Å². The van der Waals surface area contributed by atoms with Crippen molar-refractivity contribution in [3.8, 4) is 6.08 Å². The molecule has 0 bridgehead atoms. The molecule has 0 spiro atoms. The maximum atomic E-state index is 5.32. The average Bonchev–Trinajstić information content (AvgIpc) is 2.76. The standard InChI is InChI=1S/C11H20N2O4/c1-12-8-10-9-17-11(13-10)16-5-3-4-15-7-6-14-2/h9,12H,3-8H2,1-2H3. The van der Waals surface area contributed by atoms with Crippen LogP contribution in [0.15, 0.2) is 10.7 Å². The Morgan fingerprint density at radius 1 is 1.29 bits per heavy atom. The molecule has 98 valence electrons. The molecule has 0 unspecified atom stereocenters. The van der Waals surface area contributed by atoms with E-state index in [1.54, 1.807) is 13.4 Å². The lowest BCUT2D eigenvalue weighted by molar-refractivity contribution is 0.0625. The molecule has 0 aromatic carbocycles. The van der Waals surface area contributed by atoms with Gasteiger partial charge in [0.05, 0.1) is 25.5 Å². The first kappa shape index (κ1) is 14.0. The lowest BCUT2D eigenvalue weighted by Gasteiger charge is -2.03. The third-order valence-corrected chi connectivity index (χ3v) is 1.98. The molecule has 17 heavy (non-hydrogen) atoms. The van der Waals surface area contributed by atoms with Gasteiger partial charge in [0.15, 0.2) is 0 Å². The molecule has 0 atom stereocenters. The summed E-state index contributed by atoms with van der Waals surface area (Å²) in [6.45, 7) is 3.09. The summed E-state index contributed by atoms with van der Waals surface area (Å²) in [7, 11) is 3.50. The third-order valence-electron chi connectivity index (χ3n) is 1.98. The summed E-state index contributed by atoms with van der Waals surface area (Å²) in [4.78, 5) is 4.14. The lowest BCUT2D eigenvalue weighted by atomic mass is 10.5. The number of rotatable bonds is 10. The Morgan fingerprint density at radius 2 is 2.18 bits per heavy atom. The number of hydrogen-bond donors (Lipinski definition) is 1. The number of nitrogens with zero attached hydrogens (tertiary/aromatic N) is 1. The Morgan fingerprint density at radius 3 is 2.94 bits per heavy atom. The first-order valence-corrected chi connectivity index (χ1v) is 5.65. The summed E-state index contributed by atoms with van der Waals surface area (Å²) in [6, 6.07) is 0. The Kier molecular flexibility index (Phi) is 7.37. The van der Waals surface area contributed by atoms with Crippen LogP contribution in [0.5, 0.6) is 6.08 Å². The fraction of sp³-hybridized carbons (Fsp3) is 0.727. The first-order valence-electron chi connectivity index (χ1n) is 5.65. The van der Waals surface area contributed by atoms with E-state index in [2.05, 4.69) is 10.3 Å². The van der Waals surface area contributed by atoms with Gasteiger partial charge in [0.25, 0.3) is 0 Å². The van der Waals surface area contributed by atoms with Crippen LogP contribution in [0.4, 0.5) is 0 Å². The maximum Gasteiger partial charge on any atom is 0.393 e.